The largest absolute Gasteiger partial charge is 0.465 e. The minimum atomic E-state index is -0.561. The van der Waals surface area contributed by atoms with Gasteiger partial charge < -0.3 is 9.30 Å². The maximum Gasteiger partial charge on any atom is 0.340 e. The van der Waals surface area contributed by atoms with Gasteiger partial charge in [0.1, 0.15) is 5.82 Å². The highest BCUT2D eigenvalue weighted by Gasteiger charge is 2.38. The van der Waals surface area contributed by atoms with E-state index in [1.165, 1.54) is 24.1 Å². The standard InChI is InChI=1S/C27H25FN2O3/c1-16-6-10-23(11-7-16)30-19(4)25(27(32)33-5)24(26(30)31)15-20-14-17(2)29(18(20)3)22-12-8-21(28)9-13-22/h6-15H,1-5H3/b24-15-. The number of hydrogen-bond donors (Lipinski definition) is 0. The number of rotatable bonds is 4. The second-order valence-corrected chi connectivity index (χ2v) is 8.12. The highest BCUT2D eigenvalue weighted by molar-refractivity contribution is 6.23. The number of anilines is 1. The van der Waals surface area contributed by atoms with Crippen molar-refractivity contribution in [2.45, 2.75) is 27.7 Å². The molecule has 0 saturated heterocycles. The van der Waals surface area contributed by atoms with Crippen LogP contribution in [0.3, 0.4) is 0 Å². The molecule has 1 aliphatic heterocycles. The first-order valence-electron chi connectivity index (χ1n) is 10.6. The fourth-order valence-corrected chi connectivity index (χ4v) is 4.26. The first kappa shape index (κ1) is 22.3. The number of carbonyl (C=O) groups excluding carboxylic acids is 2. The van der Waals surface area contributed by atoms with Gasteiger partial charge in [0.25, 0.3) is 5.91 Å². The van der Waals surface area contributed by atoms with Gasteiger partial charge in [-0.2, -0.15) is 0 Å². The molecular weight excluding hydrogens is 419 g/mol. The quantitative estimate of drug-likeness (QED) is 0.399. The normalized spacial score (nSPS) is 15.0. The zero-order valence-corrected chi connectivity index (χ0v) is 19.3. The zero-order valence-electron chi connectivity index (χ0n) is 19.3. The van der Waals surface area contributed by atoms with Crippen molar-refractivity contribution in [1.82, 2.24) is 4.57 Å². The minimum absolute atomic E-state index is 0.245. The van der Waals surface area contributed by atoms with Gasteiger partial charge in [-0.05, 0) is 81.8 Å². The molecule has 2 heterocycles. The van der Waals surface area contributed by atoms with Gasteiger partial charge in [-0.1, -0.05) is 17.7 Å². The summed E-state index contributed by atoms with van der Waals surface area (Å²) in [6.07, 6.45) is 1.73. The Morgan fingerprint density at radius 1 is 0.939 bits per heavy atom. The fourth-order valence-electron chi connectivity index (χ4n) is 4.26. The molecule has 2 aromatic carbocycles. The van der Waals surface area contributed by atoms with E-state index < -0.39 is 5.97 Å². The highest BCUT2D eigenvalue weighted by atomic mass is 19.1. The zero-order chi connectivity index (χ0) is 23.9. The average Bonchev–Trinajstić information content (AvgIpc) is 3.21. The number of methoxy groups -OCH3 is 1. The monoisotopic (exact) mass is 444 g/mol. The predicted molar refractivity (Wildman–Crippen MR) is 127 cm³/mol. The lowest BCUT2D eigenvalue weighted by molar-refractivity contribution is -0.136. The molecule has 0 N–H and O–H groups in total. The molecular formula is C27H25FN2O3. The number of benzene rings is 2. The lowest BCUT2D eigenvalue weighted by Gasteiger charge is -2.18. The van der Waals surface area contributed by atoms with E-state index in [9.17, 15) is 14.0 Å². The van der Waals surface area contributed by atoms with Gasteiger partial charge in [-0.15, -0.1) is 0 Å². The van der Waals surface area contributed by atoms with Crippen molar-refractivity contribution in [2.75, 3.05) is 12.0 Å². The smallest absolute Gasteiger partial charge is 0.340 e. The van der Waals surface area contributed by atoms with Gasteiger partial charge in [-0.25, -0.2) is 9.18 Å². The van der Waals surface area contributed by atoms with E-state index in [1.807, 2.05) is 55.7 Å². The molecule has 33 heavy (non-hydrogen) atoms. The number of aryl methyl sites for hydroxylation is 2. The van der Waals surface area contributed by atoms with Crippen molar-refractivity contribution in [3.8, 4) is 5.69 Å². The van der Waals surface area contributed by atoms with Gasteiger partial charge in [-0.3, -0.25) is 9.69 Å². The Morgan fingerprint density at radius 2 is 1.55 bits per heavy atom. The van der Waals surface area contributed by atoms with Crippen LogP contribution in [0.4, 0.5) is 10.1 Å². The van der Waals surface area contributed by atoms with Crippen LogP contribution < -0.4 is 4.90 Å². The molecule has 0 radical (unpaired) electrons. The van der Waals surface area contributed by atoms with Gasteiger partial charge >= 0.3 is 5.97 Å². The van der Waals surface area contributed by atoms with Crippen LogP contribution in [0, 0.1) is 26.6 Å². The second kappa shape index (κ2) is 8.54. The van der Waals surface area contributed by atoms with Gasteiger partial charge in [0.2, 0.25) is 0 Å². The van der Waals surface area contributed by atoms with E-state index in [0.29, 0.717) is 11.4 Å². The third-order valence-corrected chi connectivity index (χ3v) is 5.94. The van der Waals surface area contributed by atoms with Crippen LogP contribution >= 0.6 is 0 Å². The van der Waals surface area contributed by atoms with Crippen molar-refractivity contribution in [1.29, 1.82) is 0 Å². The number of amides is 1. The average molecular weight is 445 g/mol. The van der Waals surface area contributed by atoms with E-state index in [0.717, 1.165) is 28.2 Å². The third kappa shape index (κ3) is 3.89. The Balaban J connectivity index is 1.84. The van der Waals surface area contributed by atoms with Crippen LogP contribution in [-0.2, 0) is 14.3 Å². The van der Waals surface area contributed by atoms with Gasteiger partial charge in [0.15, 0.2) is 0 Å². The molecule has 6 heteroatoms. The van der Waals surface area contributed by atoms with E-state index in [2.05, 4.69) is 0 Å². The number of aromatic nitrogens is 1. The van der Waals surface area contributed by atoms with Crippen LogP contribution in [0.15, 0.2) is 71.4 Å². The molecule has 168 valence electrons. The number of nitrogens with zero attached hydrogens (tertiary/aromatic N) is 2. The molecule has 0 atom stereocenters. The summed E-state index contributed by atoms with van der Waals surface area (Å²) in [7, 11) is 1.31. The van der Waals surface area contributed by atoms with Crippen molar-refractivity contribution in [3.05, 3.63) is 99.8 Å². The van der Waals surface area contributed by atoms with Crippen molar-refractivity contribution in [2.24, 2.45) is 0 Å². The van der Waals surface area contributed by atoms with Crippen molar-refractivity contribution in [3.63, 3.8) is 0 Å². The Labute approximate surface area is 192 Å². The molecule has 4 rings (SSSR count). The summed E-state index contributed by atoms with van der Waals surface area (Å²) in [5.41, 5.74) is 6.20. The van der Waals surface area contributed by atoms with Gasteiger partial charge in [0, 0.05) is 28.5 Å². The van der Waals surface area contributed by atoms with Crippen LogP contribution in [0.2, 0.25) is 0 Å². The number of esters is 1. The number of carbonyl (C=O) groups is 2. The molecule has 0 fully saturated rings. The lowest BCUT2D eigenvalue weighted by atomic mass is 10.0. The molecule has 5 nitrogen and oxygen atoms in total. The molecule has 0 spiro atoms. The van der Waals surface area contributed by atoms with Crippen molar-refractivity contribution >= 4 is 23.6 Å². The van der Waals surface area contributed by atoms with E-state index in [1.54, 1.807) is 25.1 Å². The summed E-state index contributed by atoms with van der Waals surface area (Å²) in [6.45, 7) is 7.58. The lowest BCUT2D eigenvalue weighted by Crippen LogP contribution is -2.24. The Hall–Kier alpha value is -3.93. The molecule has 0 saturated carbocycles. The van der Waals surface area contributed by atoms with E-state index in [-0.39, 0.29) is 22.9 Å². The van der Waals surface area contributed by atoms with E-state index >= 15 is 0 Å². The van der Waals surface area contributed by atoms with Crippen LogP contribution in [-0.4, -0.2) is 23.6 Å². The summed E-state index contributed by atoms with van der Waals surface area (Å²) in [5, 5.41) is 0. The fraction of sp³-hybridized carbons (Fsp3) is 0.185. The molecule has 1 amide bonds. The number of halogens is 1. The number of hydrogen-bond acceptors (Lipinski definition) is 3. The molecule has 0 bridgehead atoms. The van der Waals surface area contributed by atoms with Crippen LogP contribution in [0.1, 0.15) is 29.4 Å². The molecule has 3 aromatic rings. The topological polar surface area (TPSA) is 51.5 Å². The summed E-state index contributed by atoms with van der Waals surface area (Å²) in [6, 6.07) is 15.7. The summed E-state index contributed by atoms with van der Waals surface area (Å²) < 4.78 is 20.4. The third-order valence-electron chi connectivity index (χ3n) is 5.94. The van der Waals surface area contributed by atoms with Crippen molar-refractivity contribution < 1.29 is 18.7 Å². The highest BCUT2D eigenvalue weighted by Crippen LogP contribution is 2.36. The summed E-state index contributed by atoms with van der Waals surface area (Å²) in [5.74, 6) is -1.16. The summed E-state index contributed by atoms with van der Waals surface area (Å²) in [4.78, 5) is 27.7. The first-order chi connectivity index (χ1) is 15.7. The van der Waals surface area contributed by atoms with Gasteiger partial charge in [0.05, 0.1) is 18.3 Å². The Bertz CT molecular complexity index is 1310. The Kier molecular flexibility index (Phi) is 5.77. The number of allylic oxidation sites excluding steroid dienone is 1. The Morgan fingerprint density at radius 3 is 2.15 bits per heavy atom. The molecule has 1 aromatic heterocycles. The van der Waals surface area contributed by atoms with Crippen LogP contribution in [0.5, 0.6) is 0 Å². The van der Waals surface area contributed by atoms with Crippen LogP contribution in [0.25, 0.3) is 11.8 Å². The molecule has 0 unspecified atom stereocenters. The predicted octanol–water partition coefficient (Wildman–Crippen LogP) is 5.42. The minimum Gasteiger partial charge on any atom is -0.465 e. The van der Waals surface area contributed by atoms with E-state index in [4.69, 9.17) is 4.74 Å². The first-order valence-corrected chi connectivity index (χ1v) is 10.6. The summed E-state index contributed by atoms with van der Waals surface area (Å²) >= 11 is 0. The SMILES string of the molecule is COC(=O)C1=C(C)N(c2ccc(C)cc2)C(=O)/C1=C\c1cc(C)n(-c2ccc(F)cc2)c1C. The maximum atomic E-state index is 13.5. The molecule has 1 aliphatic rings. The number of ether oxygens (including phenoxy) is 1. The molecule has 0 aliphatic carbocycles. The maximum absolute atomic E-state index is 13.5. The second-order valence-electron chi connectivity index (χ2n) is 8.12.